The standard InChI is InChI=1S/C28H35ClFN3O2S/c1-22(11-12-30)7-10-28(34)35-20-19-32-17-15-31(16-18-32)13-4-14-33-24-5-2-3-6-26(24)36-27-9-8-23(29)21-25(27)33/h2-3,5-6,8-9,11-12,21-22H,4,7,10,13-20H2,1H3/b12-11+. The molecule has 36 heavy (non-hydrogen) atoms. The van der Waals surface area contributed by atoms with Crippen molar-refractivity contribution < 1.29 is 13.9 Å². The number of allylic oxidation sites excluding steroid dienone is 1. The number of piperazine rings is 1. The number of esters is 1. The number of hydrogen-bond donors (Lipinski definition) is 0. The van der Waals surface area contributed by atoms with Crippen molar-refractivity contribution in [1.82, 2.24) is 9.80 Å². The van der Waals surface area contributed by atoms with Crippen LogP contribution in [-0.2, 0) is 9.53 Å². The molecule has 4 rings (SSSR count). The smallest absolute Gasteiger partial charge is 0.305 e. The lowest BCUT2D eigenvalue weighted by Gasteiger charge is -2.36. The summed E-state index contributed by atoms with van der Waals surface area (Å²) in [7, 11) is 0. The molecule has 194 valence electrons. The highest BCUT2D eigenvalue weighted by molar-refractivity contribution is 7.99. The molecule has 8 heteroatoms. The van der Waals surface area contributed by atoms with E-state index in [-0.39, 0.29) is 11.9 Å². The lowest BCUT2D eigenvalue weighted by molar-refractivity contribution is -0.144. The van der Waals surface area contributed by atoms with Crippen LogP contribution in [0.2, 0.25) is 5.02 Å². The lowest BCUT2D eigenvalue weighted by Crippen LogP contribution is -2.47. The third-order valence-corrected chi connectivity index (χ3v) is 8.15. The van der Waals surface area contributed by atoms with Crippen molar-refractivity contribution in [3.8, 4) is 0 Å². The van der Waals surface area contributed by atoms with Crippen LogP contribution in [0.15, 0.2) is 64.7 Å². The first-order chi connectivity index (χ1) is 17.5. The SMILES string of the molecule is CC(/C=C/F)CCC(=O)OCCN1CCN(CCCN2c3ccccc3Sc3ccc(Cl)cc32)CC1. The molecule has 1 atom stereocenters. The molecule has 5 nitrogen and oxygen atoms in total. The van der Waals surface area contributed by atoms with Gasteiger partial charge in [0.25, 0.3) is 0 Å². The van der Waals surface area contributed by atoms with Crippen LogP contribution in [0.3, 0.4) is 0 Å². The zero-order valence-electron chi connectivity index (χ0n) is 20.9. The Hall–Kier alpha value is -2.06. The summed E-state index contributed by atoms with van der Waals surface area (Å²) >= 11 is 8.15. The van der Waals surface area contributed by atoms with Crippen LogP contribution in [0, 0.1) is 5.92 Å². The number of rotatable bonds is 11. The fraction of sp³-hybridized carbons (Fsp3) is 0.464. The maximum Gasteiger partial charge on any atom is 0.305 e. The number of anilines is 2. The van der Waals surface area contributed by atoms with Gasteiger partial charge in [-0.05, 0) is 55.6 Å². The van der Waals surface area contributed by atoms with E-state index in [4.69, 9.17) is 16.3 Å². The van der Waals surface area contributed by atoms with E-state index in [1.165, 1.54) is 27.2 Å². The van der Waals surface area contributed by atoms with Gasteiger partial charge in [0.05, 0.1) is 17.7 Å². The first-order valence-corrected chi connectivity index (χ1v) is 13.9. The molecule has 2 aromatic rings. The Morgan fingerprint density at radius 2 is 1.78 bits per heavy atom. The van der Waals surface area contributed by atoms with E-state index in [2.05, 4.69) is 51.1 Å². The van der Waals surface area contributed by atoms with Crippen LogP contribution in [0.25, 0.3) is 0 Å². The molecule has 2 aliphatic heterocycles. The monoisotopic (exact) mass is 531 g/mol. The quantitative estimate of drug-likeness (QED) is 0.312. The summed E-state index contributed by atoms with van der Waals surface area (Å²) in [5.41, 5.74) is 2.45. The van der Waals surface area contributed by atoms with E-state index in [1.54, 1.807) is 11.8 Å². The number of benzene rings is 2. The fourth-order valence-corrected chi connectivity index (χ4v) is 5.90. The first-order valence-electron chi connectivity index (χ1n) is 12.7. The van der Waals surface area contributed by atoms with Gasteiger partial charge in [-0.3, -0.25) is 9.69 Å². The maximum absolute atomic E-state index is 12.2. The molecule has 0 spiro atoms. The highest BCUT2D eigenvalue weighted by atomic mass is 35.5. The predicted molar refractivity (Wildman–Crippen MR) is 146 cm³/mol. The Morgan fingerprint density at radius 1 is 1.06 bits per heavy atom. The van der Waals surface area contributed by atoms with Gasteiger partial charge in [0.1, 0.15) is 6.61 Å². The van der Waals surface area contributed by atoms with Crippen molar-refractivity contribution in [3.05, 3.63) is 59.9 Å². The number of carbonyl (C=O) groups excluding carboxylic acids is 1. The largest absolute Gasteiger partial charge is 0.464 e. The Labute approximate surface area is 223 Å². The number of fused-ring (bicyclic) bond motifs is 2. The maximum atomic E-state index is 12.2. The van der Waals surface area contributed by atoms with Crippen molar-refractivity contribution in [2.45, 2.75) is 36.0 Å². The Morgan fingerprint density at radius 3 is 2.56 bits per heavy atom. The zero-order valence-corrected chi connectivity index (χ0v) is 22.4. The van der Waals surface area contributed by atoms with Gasteiger partial charge in [-0.1, -0.05) is 48.5 Å². The van der Waals surface area contributed by atoms with Crippen molar-refractivity contribution in [2.24, 2.45) is 5.92 Å². The summed E-state index contributed by atoms with van der Waals surface area (Å²) in [6.07, 6.45) is 4.01. The van der Waals surface area contributed by atoms with Crippen LogP contribution in [-0.4, -0.2) is 68.2 Å². The van der Waals surface area contributed by atoms with Crippen LogP contribution in [0.1, 0.15) is 26.2 Å². The van der Waals surface area contributed by atoms with Gasteiger partial charge < -0.3 is 14.5 Å². The highest BCUT2D eigenvalue weighted by Crippen LogP contribution is 2.48. The van der Waals surface area contributed by atoms with Gasteiger partial charge >= 0.3 is 5.97 Å². The normalized spacial score (nSPS) is 17.1. The van der Waals surface area contributed by atoms with Crippen LogP contribution >= 0.6 is 23.4 Å². The molecule has 0 aliphatic carbocycles. The van der Waals surface area contributed by atoms with E-state index in [0.29, 0.717) is 25.8 Å². The third kappa shape index (κ3) is 7.48. The average Bonchev–Trinajstić information content (AvgIpc) is 2.88. The van der Waals surface area contributed by atoms with Gasteiger partial charge in [0, 0.05) is 60.5 Å². The minimum absolute atomic E-state index is 0.0479. The number of nitrogens with zero attached hydrogens (tertiary/aromatic N) is 3. The summed E-state index contributed by atoms with van der Waals surface area (Å²) in [6, 6.07) is 14.7. The van der Waals surface area contributed by atoms with Gasteiger partial charge in [-0.25, -0.2) is 4.39 Å². The van der Waals surface area contributed by atoms with Gasteiger partial charge in [0.2, 0.25) is 0 Å². The third-order valence-electron chi connectivity index (χ3n) is 6.78. The number of halogens is 2. The Balaban J connectivity index is 1.17. The fourth-order valence-electron chi connectivity index (χ4n) is 4.66. The van der Waals surface area contributed by atoms with Crippen molar-refractivity contribution in [3.63, 3.8) is 0 Å². The minimum Gasteiger partial charge on any atom is -0.464 e. The Bertz CT molecular complexity index is 1050. The molecule has 2 aliphatic rings. The number of ether oxygens (including phenoxy) is 1. The molecule has 0 saturated carbocycles. The average molecular weight is 532 g/mol. The second-order valence-electron chi connectivity index (χ2n) is 9.43. The van der Waals surface area contributed by atoms with Crippen molar-refractivity contribution >= 4 is 40.7 Å². The summed E-state index contributed by atoms with van der Waals surface area (Å²) in [6.45, 7) is 9.08. The molecular weight excluding hydrogens is 497 g/mol. The zero-order chi connectivity index (χ0) is 25.3. The Kier molecular flexibility index (Phi) is 10.1. The van der Waals surface area contributed by atoms with Gasteiger partial charge in [0.15, 0.2) is 0 Å². The van der Waals surface area contributed by atoms with E-state index in [0.717, 1.165) is 57.3 Å². The van der Waals surface area contributed by atoms with Gasteiger partial charge in [-0.2, -0.15) is 0 Å². The summed E-state index contributed by atoms with van der Waals surface area (Å²) in [5, 5.41) is 0.768. The van der Waals surface area contributed by atoms with Crippen LogP contribution in [0.5, 0.6) is 0 Å². The lowest BCUT2D eigenvalue weighted by atomic mass is 10.1. The molecule has 2 aromatic carbocycles. The second-order valence-corrected chi connectivity index (χ2v) is 10.9. The van der Waals surface area contributed by atoms with Gasteiger partial charge in [-0.15, -0.1) is 0 Å². The second kappa shape index (κ2) is 13.5. The molecular formula is C28H35ClFN3O2S. The highest BCUT2D eigenvalue weighted by Gasteiger charge is 2.24. The molecule has 0 bridgehead atoms. The summed E-state index contributed by atoms with van der Waals surface area (Å²) < 4.78 is 17.5. The number of hydrogen-bond acceptors (Lipinski definition) is 6. The van der Waals surface area contributed by atoms with Crippen LogP contribution < -0.4 is 4.90 Å². The van der Waals surface area contributed by atoms with Crippen LogP contribution in [0.4, 0.5) is 15.8 Å². The number of carbonyl (C=O) groups is 1. The topological polar surface area (TPSA) is 36.0 Å². The first kappa shape index (κ1) is 27.0. The van der Waals surface area contributed by atoms with Crippen molar-refractivity contribution in [2.75, 3.05) is 57.3 Å². The van der Waals surface area contributed by atoms with E-state index in [1.807, 2.05) is 13.0 Å². The molecule has 1 saturated heterocycles. The number of para-hydroxylation sites is 1. The minimum atomic E-state index is -0.201. The molecule has 1 fully saturated rings. The van der Waals surface area contributed by atoms with E-state index >= 15 is 0 Å². The molecule has 1 unspecified atom stereocenters. The molecule has 0 N–H and O–H groups in total. The predicted octanol–water partition coefficient (Wildman–Crippen LogP) is 6.39. The molecule has 0 radical (unpaired) electrons. The van der Waals surface area contributed by atoms with E-state index < -0.39 is 0 Å². The van der Waals surface area contributed by atoms with Crippen molar-refractivity contribution in [1.29, 1.82) is 0 Å². The van der Waals surface area contributed by atoms with E-state index in [9.17, 15) is 9.18 Å². The summed E-state index contributed by atoms with van der Waals surface area (Å²) in [5.74, 6) is -0.153. The molecule has 0 amide bonds. The summed E-state index contributed by atoms with van der Waals surface area (Å²) in [4.78, 5) is 21.7. The molecule has 2 heterocycles. The molecule has 0 aromatic heterocycles.